The van der Waals surface area contributed by atoms with Crippen LogP contribution in [-0.2, 0) is 29.4 Å². The first-order valence-electron chi connectivity index (χ1n) is 12.5. The van der Waals surface area contributed by atoms with E-state index in [2.05, 4.69) is 4.89 Å². The van der Waals surface area contributed by atoms with Crippen LogP contribution >= 0.6 is 23.2 Å². The van der Waals surface area contributed by atoms with Crippen molar-refractivity contribution in [2.75, 3.05) is 0 Å². The van der Waals surface area contributed by atoms with Gasteiger partial charge >= 0.3 is 11.9 Å². The fourth-order valence-corrected chi connectivity index (χ4v) is 4.57. The second kappa shape index (κ2) is 14.1. The third-order valence-corrected chi connectivity index (χ3v) is 6.80. The summed E-state index contributed by atoms with van der Waals surface area (Å²) in [5, 5.41) is 29.6. The quantitative estimate of drug-likeness (QED) is 0.0540. The van der Waals surface area contributed by atoms with Crippen LogP contribution in [0, 0.1) is 17.0 Å². The molecular weight excluding hydrogens is 605 g/mol. The molecule has 0 amide bonds. The van der Waals surface area contributed by atoms with Crippen molar-refractivity contribution in [3.05, 3.63) is 132 Å². The van der Waals surface area contributed by atoms with Gasteiger partial charge in [0.15, 0.2) is 5.75 Å². The third kappa shape index (κ3) is 8.07. The largest absolute Gasteiger partial charge is 0.478 e. The van der Waals surface area contributed by atoms with Crippen LogP contribution in [0.4, 0.5) is 5.69 Å². The summed E-state index contributed by atoms with van der Waals surface area (Å²) in [6, 6.07) is 18.2. The molecular formula is C30H23Cl2NO10. The number of carboxylic acid groups (broad SMARTS) is 1. The number of aryl methyl sites for hydroxylation is 1. The van der Waals surface area contributed by atoms with Gasteiger partial charge in [0.05, 0.1) is 26.1 Å². The molecule has 0 radical (unpaired) electrons. The number of hydrogen-bond donors (Lipinski definition) is 2. The average Bonchev–Trinajstić information content (AvgIpc) is 2.96. The van der Waals surface area contributed by atoms with Crippen molar-refractivity contribution in [3.8, 4) is 11.5 Å². The Labute approximate surface area is 254 Å². The molecule has 4 rings (SSSR count). The number of nitro groups is 1. The number of aromatic carboxylic acids is 1. The number of nitro benzene ring substituents is 1. The first-order chi connectivity index (χ1) is 20.5. The molecule has 4 aromatic rings. The lowest BCUT2D eigenvalue weighted by Crippen LogP contribution is -2.14. The van der Waals surface area contributed by atoms with E-state index in [1.54, 1.807) is 43.3 Å². The monoisotopic (exact) mass is 627 g/mol. The molecule has 0 saturated carbocycles. The number of hydrogen-bond acceptors (Lipinski definition) is 9. The zero-order chi connectivity index (χ0) is 31.1. The molecule has 0 aliphatic carbocycles. The molecule has 0 atom stereocenters. The minimum absolute atomic E-state index is 0.0737. The number of halogens is 2. The molecule has 0 bridgehead atoms. The van der Waals surface area contributed by atoms with Gasteiger partial charge in [-0.25, -0.2) is 14.5 Å². The van der Waals surface area contributed by atoms with E-state index in [0.717, 1.165) is 11.1 Å². The van der Waals surface area contributed by atoms with Crippen LogP contribution in [-0.4, -0.2) is 27.2 Å². The van der Waals surface area contributed by atoms with E-state index >= 15 is 0 Å². The Morgan fingerprint density at radius 2 is 1.51 bits per heavy atom. The van der Waals surface area contributed by atoms with Crippen LogP contribution in [0.15, 0.2) is 72.8 Å². The lowest BCUT2D eigenvalue weighted by molar-refractivity contribution is -0.385. The van der Waals surface area contributed by atoms with Gasteiger partial charge in [0.1, 0.15) is 19.0 Å². The molecule has 11 nitrogen and oxygen atoms in total. The van der Waals surface area contributed by atoms with Crippen LogP contribution in [0.25, 0.3) is 0 Å². The van der Waals surface area contributed by atoms with Crippen LogP contribution in [0.1, 0.15) is 48.5 Å². The van der Waals surface area contributed by atoms with Crippen LogP contribution in [0.3, 0.4) is 0 Å². The molecule has 43 heavy (non-hydrogen) atoms. The van der Waals surface area contributed by atoms with Crippen molar-refractivity contribution in [1.82, 2.24) is 0 Å². The molecule has 0 aliphatic heterocycles. The Hall–Kier alpha value is -4.52. The fourth-order valence-electron chi connectivity index (χ4n) is 4.09. The number of benzene rings is 4. The standard InChI is InChI=1S/C30H23Cl2NO10/c1-17-2-7-23(29(34)35)24(10-17)30(36)42-27-8-3-18(12-25(27)31)11-19-4-9-28(26(32)13-19)43-41-16-21-14-22(33(37)38)6-5-20(21)15-40-39/h2-10,12-14,39H,11,15-16H2,1H3,(H,34,35). The average molecular weight is 628 g/mol. The summed E-state index contributed by atoms with van der Waals surface area (Å²) in [7, 11) is 0. The van der Waals surface area contributed by atoms with Crippen molar-refractivity contribution < 1.29 is 44.3 Å². The number of carboxylic acids is 1. The third-order valence-electron chi connectivity index (χ3n) is 6.21. The van der Waals surface area contributed by atoms with Crippen molar-refractivity contribution in [2.45, 2.75) is 26.6 Å². The maximum atomic E-state index is 12.7. The van der Waals surface area contributed by atoms with E-state index < -0.39 is 16.9 Å². The Morgan fingerprint density at radius 3 is 2.12 bits per heavy atom. The number of rotatable bonds is 12. The number of non-ortho nitro benzene ring substituents is 1. The predicted octanol–water partition coefficient (Wildman–Crippen LogP) is 7.22. The van der Waals surface area contributed by atoms with Crippen LogP contribution < -0.4 is 9.62 Å². The highest BCUT2D eigenvalue weighted by Crippen LogP contribution is 2.31. The number of esters is 1. The first-order valence-corrected chi connectivity index (χ1v) is 13.3. The van der Waals surface area contributed by atoms with Gasteiger partial charge in [0, 0.05) is 12.1 Å². The van der Waals surface area contributed by atoms with Crippen molar-refractivity contribution in [1.29, 1.82) is 0 Å². The Morgan fingerprint density at radius 1 is 0.837 bits per heavy atom. The zero-order valence-corrected chi connectivity index (χ0v) is 23.9. The van der Waals surface area contributed by atoms with E-state index in [0.29, 0.717) is 23.1 Å². The van der Waals surface area contributed by atoms with Gasteiger partial charge < -0.3 is 14.7 Å². The Bertz CT molecular complexity index is 1690. The zero-order valence-electron chi connectivity index (χ0n) is 22.4. The van der Waals surface area contributed by atoms with E-state index in [-0.39, 0.29) is 51.6 Å². The summed E-state index contributed by atoms with van der Waals surface area (Å²) in [6.45, 7) is 1.35. The van der Waals surface area contributed by atoms with E-state index in [9.17, 15) is 24.8 Å². The van der Waals surface area contributed by atoms with Crippen molar-refractivity contribution >= 4 is 40.8 Å². The summed E-state index contributed by atoms with van der Waals surface area (Å²) in [6.07, 6.45) is 0.411. The maximum Gasteiger partial charge on any atom is 0.344 e. The SMILES string of the molecule is Cc1ccc(C(=O)O)c(C(=O)Oc2ccc(Cc3ccc(OOCc4cc([N+](=O)[O-])ccc4COO)c(Cl)c3)cc2Cl)c1. The van der Waals surface area contributed by atoms with E-state index in [4.69, 9.17) is 43.0 Å². The van der Waals surface area contributed by atoms with Gasteiger partial charge in [-0.3, -0.25) is 15.4 Å². The molecule has 0 spiro atoms. The summed E-state index contributed by atoms with van der Waals surface area (Å²) < 4.78 is 5.39. The molecule has 0 heterocycles. The highest BCUT2D eigenvalue weighted by atomic mass is 35.5. The maximum absolute atomic E-state index is 12.7. The number of ether oxygens (including phenoxy) is 1. The Kier molecular flexibility index (Phi) is 10.3. The first kappa shape index (κ1) is 31.4. The van der Waals surface area contributed by atoms with Gasteiger partial charge in [-0.05, 0) is 78.1 Å². The van der Waals surface area contributed by atoms with Gasteiger partial charge in [-0.15, -0.1) is 0 Å². The number of carbonyl (C=O) groups excluding carboxylic acids is 1. The number of nitrogens with zero attached hydrogens (tertiary/aromatic N) is 1. The highest BCUT2D eigenvalue weighted by molar-refractivity contribution is 6.32. The molecule has 2 N–H and O–H groups in total. The fraction of sp³-hybridized carbons (Fsp3) is 0.133. The lowest BCUT2D eigenvalue weighted by atomic mass is 10.0. The van der Waals surface area contributed by atoms with Crippen LogP contribution in [0.2, 0.25) is 10.0 Å². The highest BCUT2D eigenvalue weighted by Gasteiger charge is 2.20. The molecule has 222 valence electrons. The molecule has 0 aromatic heterocycles. The summed E-state index contributed by atoms with van der Waals surface area (Å²) in [5.74, 6) is -1.82. The van der Waals surface area contributed by atoms with Gasteiger partial charge in [-0.1, -0.05) is 47.0 Å². The minimum atomic E-state index is -1.25. The normalized spacial score (nSPS) is 10.8. The molecule has 13 heteroatoms. The summed E-state index contributed by atoms with van der Waals surface area (Å²) >= 11 is 12.7. The molecule has 0 unspecified atom stereocenters. The second-order valence-electron chi connectivity index (χ2n) is 9.28. The molecule has 0 fully saturated rings. The molecule has 0 saturated heterocycles. The van der Waals surface area contributed by atoms with Gasteiger partial charge in [0.25, 0.3) is 5.69 Å². The van der Waals surface area contributed by atoms with Gasteiger partial charge in [0.2, 0.25) is 0 Å². The minimum Gasteiger partial charge on any atom is -0.478 e. The van der Waals surface area contributed by atoms with Gasteiger partial charge in [-0.2, -0.15) is 4.89 Å². The topological polar surface area (TPSA) is 155 Å². The van der Waals surface area contributed by atoms with Crippen LogP contribution in [0.5, 0.6) is 11.5 Å². The van der Waals surface area contributed by atoms with Crippen molar-refractivity contribution in [2.24, 2.45) is 0 Å². The van der Waals surface area contributed by atoms with E-state index in [1.807, 2.05) is 0 Å². The second-order valence-corrected chi connectivity index (χ2v) is 10.1. The van der Waals surface area contributed by atoms with Crippen molar-refractivity contribution in [3.63, 3.8) is 0 Å². The smallest absolute Gasteiger partial charge is 0.344 e. The number of carbonyl (C=O) groups is 2. The molecule has 4 aromatic carbocycles. The predicted molar refractivity (Wildman–Crippen MR) is 155 cm³/mol. The lowest BCUT2D eigenvalue weighted by Gasteiger charge is -2.12. The molecule has 0 aliphatic rings. The van der Waals surface area contributed by atoms with E-state index in [1.165, 1.54) is 36.4 Å². The Balaban J connectivity index is 1.39. The summed E-state index contributed by atoms with van der Waals surface area (Å²) in [5.41, 5.74) is 2.70. The summed E-state index contributed by atoms with van der Waals surface area (Å²) in [4.78, 5) is 49.4.